The van der Waals surface area contributed by atoms with Gasteiger partial charge in [0.1, 0.15) is 23.3 Å². The molecule has 1 saturated heterocycles. The Morgan fingerprint density at radius 3 is 2.63 bits per heavy atom. The van der Waals surface area contributed by atoms with Crippen molar-refractivity contribution in [3.05, 3.63) is 23.7 Å². The van der Waals surface area contributed by atoms with Gasteiger partial charge >= 0.3 is 6.03 Å². The molecule has 1 unspecified atom stereocenters. The molecule has 1 N–H and O–H groups in total. The van der Waals surface area contributed by atoms with Gasteiger partial charge in [-0.25, -0.2) is 4.79 Å². The van der Waals surface area contributed by atoms with E-state index in [1.54, 1.807) is 0 Å². The van der Waals surface area contributed by atoms with Crippen LogP contribution < -0.4 is 5.32 Å². The van der Waals surface area contributed by atoms with Crippen LogP contribution in [0, 0.1) is 6.92 Å². The molecule has 1 aromatic rings. The normalized spacial score (nSPS) is 24.9. The first-order chi connectivity index (χ1) is 9.13. The third-order valence-corrected chi connectivity index (χ3v) is 4.00. The fourth-order valence-electron chi connectivity index (χ4n) is 2.91. The lowest BCUT2D eigenvalue weighted by Crippen LogP contribution is -2.40. The third kappa shape index (κ3) is 2.37. The Bertz CT molecular complexity index is 499. The minimum atomic E-state index is -0.0705. The highest BCUT2D eigenvalue weighted by Crippen LogP contribution is 2.28. The fraction of sp³-hybridized carbons (Fsp3) is 0.571. The maximum absolute atomic E-state index is 12.0. The van der Waals surface area contributed by atoms with Gasteiger partial charge in [-0.3, -0.25) is 4.79 Å². The van der Waals surface area contributed by atoms with Gasteiger partial charge in [0.25, 0.3) is 0 Å². The van der Waals surface area contributed by atoms with Crippen molar-refractivity contribution in [2.24, 2.45) is 0 Å². The molecule has 1 aliphatic carbocycles. The lowest BCUT2D eigenvalue weighted by atomic mass is 9.93. The van der Waals surface area contributed by atoms with E-state index in [4.69, 9.17) is 4.42 Å². The molecule has 2 heterocycles. The van der Waals surface area contributed by atoms with E-state index in [1.807, 2.05) is 24.0 Å². The fourth-order valence-corrected chi connectivity index (χ4v) is 2.91. The summed E-state index contributed by atoms with van der Waals surface area (Å²) in [5.41, 5.74) is 0. The molecular weight excluding hydrogens is 244 g/mol. The number of urea groups is 1. The van der Waals surface area contributed by atoms with Crippen molar-refractivity contribution in [3.8, 4) is 0 Å². The summed E-state index contributed by atoms with van der Waals surface area (Å²) in [6.45, 7) is 2.52. The van der Waals surface area contributed by atoms with Gasteiger partial charge in [-0.1, -0.05) is 0 Å². The molecule has 1 aliphatic heterocycles. The molecule has 1 saturated carbocycles. The van der Waals surface area contributed by atoms with Crippen LogP contribution in [0.4, 0.5) is 4.79 Å². The van der Waals surface area contributed by atoms with Crippen molar-refractivity contribution in [1.29, 1.82) is 0 Å². The van der Waals surface area contributed by atoms with E-state index in [-0.39, 0.29) is 18.1 Å². The van der Waals surface area contributed by atoms with Crippen LogP contribution in [0.1, 0.15) is 43.2 Å². The standard InChI is InChI=1S/C14H18N2O3/c1-9-2-7-13(19-9)12-8-16(14(18)15-12)10-3-5-11(17)6-4-10/h2,7,10,12H,3-6,8H2,1H3,(H,15,18). The Balaban J connectivity index is 1.68. The van der Waals surface area contributed by atoms with E-state index < -0.39 is 0 Å². The van der Waals surface area contributed by atoms with Crippen LogP contribution in [0.25, 0.3) is 0 Å². The van der Waals surface area contributed by atoms with Gasteiger partial charge < -0.3 is 14.6 Å². The minimum Gasteiger partial charge on any atom is -0.464 e. The summed E-state index contributed by atoms with van der Waals surface area (Å²) in [5, 5.41) is 2.95. The van der Waals surface area contributed by atoms with E-state index >= 15 is 0 Å². The average molecular weight is 262 g/mol. The SMILES string of the molecule is Cc1ccc(C2CN(C3CCC(=O)CC3)C(=O)N2)o1. The molecule has 0 radical (unpaired) electrons. The Hall–Kier alpha value is -1.78. The van der Waals surface area contributed by atoms with Crippen molar-refractivity contribution in [3.63, 3.8) is 0 Å². The third-order valence-electron chi connectivity index (χ3n) is 4.00. The zero-order valence-electron chi connectivity index (χ0n) is 11.0. The monoisotopic (exact) mass is 262 g/mol. The molecule has 19 heavy (non-hydrogen) atoms. The van der Waals surface area contributed by atoms with Crippen LogP contribution in [-0.4, -0.2) is 29.3 Å². The molecule has 2 amide bonds. The molecular formula is C14H18N2O3. The van der Waals surface area contributed by atoms with Gasteiger partial charge in [0.05, 0.1) is 6.54 Å². The number of aryl methyl sites for hydroxylation is 1. The van der Waals surface area contributed by atoms with Crippen molar-refractivity contribution in [2.45, 2.75) is 44.7 Å². The molecule has 0 spiro atoms. The molecule has 5 heteroatoms. The number of carbonyl (C=O) groups excluding carboxylic acids is 2. The molecule has 1 aromatic heterocycles. The van der Waals surface area contributed by atoms with E-state index in [0.717, 1.165) is 24.4 Å². The first kappa shape index (κ1) is 12.3. The molecule has 5 nitrogen and oxygen atoms in total. The molecule has 1 atom stereocenters. The van der Waals surface area contributed by atoms with Crippen LogP contribution in [0.5, 0.6) is 0 Å². The highest BCUT2D eigenvalue weighted by atomic mass is 16.3. The number of rotatable bonds is 2. The molecule has 2 fully saturated rings. The Labute approximate surface area is 111 Å². The van der Waals surface area contributed by atoms with Gasteiger partial charge in [0.15, 0.2) is 0 Å². The number of nitrogens with zero attached hydrogens (tertiary/aromatic N) is 1. The molecule has 3 rings (SSSR count). The van der Waals surface area contributed by atoms with Crippen molar-refractivity contribution in [1.82, 2.24) is 10.2 Å². The second-order valence-electron chi connectivity index (χ2n) is 5.37. The average Bonchev–Trinajstić information content (AvgIpc) is 2.97. The number of amides is 2. The summed E-state index contributed by atoms with van der Waals surface area (Å²) < 4.78 is 5.57. The predicted molar refractivity (Wildman–Crippen MR) is 68.7 cm³/mol. The summed E-state index contributed by atoms with van der Waals surface area (Å²) in [7, 11) is 0. The van der Waals surface area contributed by atoms with Gasteiger partial charge in [0.2, 0.25) is 0 Å². The minimum absolute atomic E-state index is 0.0431. The number of hydrogen-bond donors (Lipinski definition) is 1. The number of ketones is 1. The maximum atomic E-state index is 12.0. The van der Waals surface area contributed by atoms with Crippen molar-refractivity contribution >= 4 is 11.8 Å². The zero-order chi connectivity index (χ0) is 13.4. The number of hydrogen-bond acceptors (Lipinski definition) is 3. The van der Waals surface area contributed by atoms with Crippen LogP contribution in [0.15, 0.2) is 16.5 Å². The van der Waals surface area contributed by atoms with Gasteiger partial charge in [0, 0.05) is 18.9 Å². The highest BCUT2D eigenvalue weighted by molar-refractivity contribution is 5.80. The quantitative estimate of drug-likeness (QED) is 0.888. The second-order valence-corrected chi connectivity index (χ2v) is 5.37. The number of Topliss-reactive ketones (excluding diaryl/α,β-unsaturated/α-hetero) is 1. The van der Waals surface area contributed by atoms with Gasteiger partial charge in [-0.05, 0) is 31.9 Å². The highest BCUT2D eigenvalue weighted by Gasteiger charge is 2.37. The molecule has 2 aliphatic rings. The number of carbonyl (C=O) groups is 2. The maximum Gasteiger partial charge on any atom is 0.318 e. The van der Waals surface area contributed by atoms with Crippen LogP contribution in [0.3, 0.4) is 0 Å². The van der Waals surface area contributed by atoms with Crippen molar-refractivity contribution in [2.75, 3.05) is 6.54 Å². The first-order valence-electron chi connectivity index (χ1n) is 6.78. The van der Waals surface area contributed by atoms with E-state index in [9.17, 15) is 9.59 Å². The Kier molecular flexibility index (Phi) is 3.05. The Morgan fingerprint density at radius 2 is 2.00 bits per heavy atom. The lowest BCUT2D eigenvalue weighted by Gasteiger charge is -2.29. The Morgan fingerprint density at radius 1 is 1.26 bits per heavy atom. The summed E-state index contributed by atoms with van der Waals surface area (Å²) in [4.78, 5) is 25.1. The molecule has 0 bridgehead atoms. The largest absolute Gasteiger partial charge is 0.464 e. The zero-order valence-corrected chi connectivity index (χ0v) is 11.0. The van der Waals surface area contributed by atoms with E-state index in [0.29, 0.717) is 25.2 Å². The number of nitrogens with one attached hydrogen (secondary N) is 1. The number of furan rings is 1. The van der Waals surface area contributed by atoms with Crippen LogP contribution >= 0.6 is 0 Å². The summed E-state index contributed by atoms with van der Waals surface area (Å²) in [6, 6.07) is 3.90. The van der Waals surface area contributed by atoms with Gasteiger partial charge in [-0.15, -0.1) is 0 Å². The van der Waals surface area contributed by atoms with Crippen LogP contribution in [-0.2, 0) is 4.79 Å². The molecule has 102 valence electrons. The smallest absolute Gasteiger partial charge is 0.318 e. The van der Waals surface area contributed by atoms with Crippen LogP contribution in [0.2, 0.25) is 0 Å². The first-order valence-corrected chi connectivity index (χ1v) is 6.78. The summed E-state index contributed by atoms with van der Waals surface area (Å²) >= 11 is 0. The molecule has 0 aromatic carbocycles. The predicted octanol–water partition coefficient (Wildman–Crippen LogP) is 2.17. The summed E-state index contributed by atoms with van der Waals surface area (Å²) in [5.74, 6) is 1.97. The summed E-state index contributed by atoms with van der Waals surface area (Å²) in [6.07, 6.45) is 2.77. The van der Waals surface area contributed by atoms with Crippen molar-refractivity contribution < 1.29 is 14.0 Å². The van der Waals surface area contributed by atoms with E-state index in [1.165, 1.54) is 0 Å². The second kappa shape index (κ2) is 4.72. The van der Waals surface area contributed by atoms with E-state index in [2.05, 4.69) is 5.32 Å². The lowest BCUT2D eigenvalue weighted by molar-refractivity contribution is -0.121. The van der Waals surface area contributed by atoms with Gasteiger partial charge in [-0.2, -0.15) is 0 Å². The topological polar surface area (TPSA) is 62.6 Å².